The Morgan fingerprint density at radius 3 is 2.53 bits per heavy atom. The van der Waals surface area contributed by atoms with Crippen molar-refractivity contribution in [2.75, 3.05) is 7.11 Å². The van der Waals surface area contributed by atoms with E-state index in [4.69, 9.17) is 0 Å². The van der Waals surface area contributed by atoms with E-state index in [1.54, 1.807) is 6.20 Å². The molecule has 0 saturated heterocycles. The van der Waals surface area contributed by atoms with Crippen molar-refractivity contribution in [2.45, 2.75) is 51.8 Å². The average molecular weight is 476 g/mol. The van der Waals surface area contributed by atoms with Crippen molar-refractivity contribution in [1.29, 1.82) is 0 Å². The average Bonchev–Trinajstić information content (AvgIpc) is 3.25. The summed E-state index contributed by atoms with van der Waals surface area (Å²) < 4.78 is 34.8. The molecule has 0 bridgehead atoms. The van der Waals surface area contributed by atoms with Gasteiger partial charge in [0.2, 0.25) is 0 Å². The molecule has 3 rings (SSSR count). The molecule has 2 aromatic heterocycles. The number of benzene rings is 1. The zero-order chi connectivity index (χ0) is 23.6. The molecule has 172 valence electrons. The van der Waals surface area contributed by atoms with Crippen molar-refractivity contribution in [3.05, 3.63) is 58.0 Å². The fourth-order valence-electron chi connectivity index (χ4n) is 3.67. The van der Waals surface area contributed by atoms with Crippen LogP contribution in [-0.4, -0.2) is 31.2 Å². The van der Waals surface area contributed by atoms with Crippen LogP contribution in [0.2, 0.25) is 0 Å². The SMILES string of the molecule is COC(=O)NS(=O)(=O)c1sc(CC(C)C)c(C)c1-c1ccc(Cn2ccnc2C)cc1C. The Hall–Kier alpha value is -2.65. The Kier molecular flexibility index (Phi) is 7.09. The summed E-state index contributed by atoms with van der Waals surface area (Å²) in [6.07, 6.45) is 3.46. The van der Waals surface area contributed by atoms with Gasteiger partial charge in [-0.1, -0.05) is 32.0 Å². The van der Waals surface area contributed by atoms with Crippen molar-refractivity contribution in [2.24, 2.45) is 5.92 Å². The maximum atomic E-state index is 13.1. The molecule has 3 aromatic rings. The van der Waals surface area contributed by atoms with Gasteiger partial charge in [-0.25, -0.2) is 22.9 Å². The van der Waals surface area contributed by atoms with Crippen molar-refractivity contribution < 1.29 is 17.9 Å². The molecule has 32 heavy (non-hydrogen) atoms. The number of sulfonamides is 1. The number of carbonyl (C=O) groups is 1. The lowest BCUT2D eigenvalue weighted by atomic mass is 9.96. The Labute approximate surface area is 193 Å². The molecule has 2 heterocycles. The molecule has 0 aliphatic rings. The highest BCUT2D eigenvalue weighted by atomic mass is 32.2. The van der Waals surface area contributed by atoms with Gasteiger partial charge in [0.05, 0.1) is 7.11 Å². The Bertz CT molecular complexity index is 1240. The second kappa shape index (κ2) is 9.46. The molecule has 9 heteroatoms. The lowest BCUT2D eigenvalue weighted by Crippen LogP contribution is -2.30. The van der Waals surface area contributed by atoms with Crippen LogP contribution in [0.5, 0.6) is 0 Å². The molecule has 1 amide bonds. The highest BCUT2D eigenvalue weighted by molar-refractivity contribution is 7.92. The summed E-state index contributed by atoms with van der Waals surface area (Å²) in [4.78, 5) is 17.0. The summed E-state index contributed by atoms with van der Waals surface area (Å²) >= 11 is 1.22. The third-order valence-corrected chi connectivity index (χ3v) is 8.44. The van der Waals surface area contributed by atoms with Crippen molar-refractivity contribution in [1.82, 2.24) is 14.3 Å². The summed E-state index contributed by atoms with van der Waals surface area (Å²) in [6, 6.07) is 6.03. The Balaban J connectivity index is 2.10. The van der Waals surface area contributed by atoms with E-state index < -0.39 is 16.1 Å². The molecule has 0 unspecified atom stereocenters. The number of rotatable bonds is 7. The molecule has 1 N–H and O–H groups in total. The van der Waals surface area contributed by atoms with Crippen LogP contribution in [0.15, 0.2) is 34.8 Å². The summed E-state index contributed by atoms with van der Waals surface area (Å²) in [5.74, 6) is 1.30. The van der Waals surface area contributed by atoms with Crippen LogP contribution < -0.4 is 4.72 Å². The number of amides is 1. The summed E-state index contributed by atoms with van der Waals surface area (Å²) in [5.41, 5.74) is 4.47. The second-order valence-corrected chi connectivity index (χ2v) is 11.2. The van der Waals surface area contributed by atoms with E-state index in [1.807, 2.05) is 43.8 Å². The molecule has 0 spiro atoms. The van der Waals surface area contributed by atoms with Crippen LogP contribution in [0.1, 0.15) is 41.2 Å². The van der Waals surface area contributed by atoms with Crippen LogP contribution in [0.25, 0.3) is 11.1 Å². The molecule has 0 atom stereocenters. The van der Waals surface area contributed by atoms with Gasteiger partial charge in [0, 0.05) is 29.4 Å². The molecule has 0 saturated carbocycles. The summed E-state index contributed by atoms with van der Waals surface area (Å²) in [6.45, 7) is 10.8. The maximum Gasteiger partial charge on any atom is 0.420 e. The Morgan fingerprint density at radius 2 is 1.97 bits per heavy atom. The largest absolute Gasteiger partial charge is 0.452 e. The molecule has 0 aliphatic carbocycles. The number of hydrogen-bond donors (Lipinski definition) is 1. The first-order valence-corrected chi connectivity index (χ1v) is 12.6. The second-order valence-electron chi connectivity index (χ2n) is 8.26. The number of ether oxygens (including phenoxy) is 1. The third kappa shape index (κ3) is 5.05. The highest BCUT2D eigenvalue weighted by Crippen LogP contribution is 2.41. The number of aryl methyl sites for hydroxylation is 2. The van der Waals surface area contributed by atoms with Gasteiger partial charge in [0.1, 0.15) is 10.0 Å². The van der Waals surface area contributed by atoms with Gasteiger partial charge in [-0.15, -0.1) is 11.3 Å². The van der Waals surface area contributed by atoms with Crippen LogP contribution in [0, 0.1) is 26.7 Å². The van der Waals surface area contributed by atoms with Crippen LogP contribution in [-0.2, 0) is 27.7 Å². The number of nitrogens with one attached hydrogen (secondary N) is 1. The topological polar surface area (TPSA) is 90.3 Å². The quantitative estimate of drug-likeness (QED) is 0.529. The van der Waals surface area contributed by atoms with E-state index in [2.05, 4.69) is 34.2 Å². The van der Waals surface area contributed by atoms with E-state index in [0.717, 1.165) is 46.5 Å². The molecular formula is C23H29N3O4S2. The smallest absolute Gasteiger partial charge is 0.420 e. The third-order valence-electron chi connectivity index (χ3n) is 5.29. The first kappa shape index (κ1) is 24.0. The molecule has 0 aliphatic heterocycles. The van der Waals surface area contributed by atoms with Gasteiger partial charge >= 0.3 is 6.09 Å². The fraction of sp³-hybridized carbons (Fsp3) is 0.391. The first-order valence-electron chi connectivity index (χ1n) is 10.3. The standard InChI is InChI=1S/C23H29N3O4S2/c1-14(2)11-20-16(4)21(22(31-20)32(28,29)25-23(27)30-6)19-8-7-18(12-15(19)3)13-26-10-9-24-17(26)5/h7-10,12,14H,11,13H2,1-6H3,(H,25,27). The zero-order valence-electron chi connectivity index (χ0n) is 19.2. The van der Waals surface area contributed by atoms with Crippen molar-refractivity contribution >= 4 is 27.5 Å². The summed E-state index contributed by atoms with van der Waals surface area (Å²) in [7, 11) is -2.94. The van der Waals surface area contributed by atoms with Gasteiger partial charge in [0.15, 0.2) is 0 Å². The van der Waals surface area contributed by atoms with Gasteiger partial charge in [-0.05, 0) is 55.4 Å². The van der Waals surface area contributed by atoms with Crippen molar-refractivity contribution in [3.8, 4) is 11.1 Å². The monoisotopic (exact) mass is 475 g/mol. The number of carbonyl (C=O) groups excluding carboxylic acids is 1. The van der Waals surface area contributed by atoms with E-state index in [0.29, 0.717) is 18.0 Å². The number of thiophene rings is 1. The number of methoxy groups -OCH3 is 1. The predicted molar refractivity (Wildman–Crippen MR) is 127 cm³/mol. The van der Waals surface area contributed by atoms with Gasteiger partial charge in [-0.3, -0.25) is 0 Å². The number of imidazole rings is 1. The van der Waals surface area contributed by atoms with Crippen LogP contribution in [0.3, 0.4) is 0 Å². The zero-order valence-corrected chi connectivity index (χ0v) is 20.9. The first-order chi connectivity index (χ1) is 15.0. The van der Waals surface area contributed by atoms with E-state index in [9.17, 15) is 13.2 Å². The highest BCUT2D eigenvalue weighted by Gasteiger charge is 2.29. The van der Waals surface area contributed by atoms with Gasteiger partial charge < -0.3 is 9.30 Å². The number of nitrogens with zero attached hydrogens (tertiary/aromatic N) is 2. The number of hydrogen-bond acceptors (Lipinski definition) is 6. The minimum Gasteiger partial charge on any atom is -0.452 e. The minimum absolute atomic E-state index is 0.136. The lowest BCUT2D eigenvalue weighted by Gasteiger charge is -2.13. The molecular weight excluding hydrogens is 446 g/mol. The van der Waals surface area contributed by atoms with Gasteiger partial charge in [0.25, 0.3) is 10.0 Å². The van der Waals surface area contributed by atoms with Crippen molar-refractivity contribution in [3.63, 3.8) is 0 Å². The molecule has 7 nitrogen and oxygen atoms in total. The molecule has 0 radical (unpaired) electrons. The maximum absolute atomic E-state index is 13.1. The molecule has 0 fully saturated rings. The summed E-state index contributed by atoms with van der Waals surface area (Å²) in [5, 5.41) is 0. The predicted octanol–water partition coefficient (Wildman–Crippen LogP) is 4.83. The Morgan fingerprint density at radius 1 is 1.25 bits per heavy atom. The van der Waals surface area contributed by atoms with E-state index >= 15 is 0 Å². The van der Waals surface area contributed by atoms with E-state index in [-0.39, 0.29) is 4.21 Å². The van der Waals surface area contributed by atoms with Crippen LogP contribution >= 0.6 is 11.3 Å². The molecule has 1 aromatic carbocycles. The fourth-order valence-corrected chi connectivity index (χ4v) is 6.72. The van der Waals surface area contributed by atoms with Crippen LogP contribution in [0.4, 0.5) is 4.79 Å². The van der Waals surface area contributed by atoms with E-state index in [1.165, 1.54) is 11.3 Å². The number of aromatic nitrogens is 2. The minimum atomic E-state index is -4.08. The van der Waals surface area contributed by atoms with Gasteiger partial charge in [-0.2, -0.15) is 0 Å². The lowest BCUT2D eigenvalue weighted by molar-refractivity contribution is 0.177. The normalized spacial score (nSPS) is 11.7.